The Morgan fingerprint density at radius 1 is 1.08 bits per heavy atom. The first-order valence-electron chi connectivity index (χ1n) is 8.14. The number of aromatic nitrogens is 2. The van der Waals surface area contributed by atoms with E-state index in [4.69, 9.17) is 14.5 Å². The lowest BCUT2D eigenvalue weighted by Gasteiger charge is -2.08. The van der Waals surface area contributed by atoms with Gasteiger partial charge in [0.15, 0.2) is 11.5 Å². The van der Waals surface area contributed by atoms with Crippen molar-refractivity contribution in [2.45, 2.75) is 13.0 Å². The molecule has 0 atom stereocenters. The molecule has 5 heteroatoms. The second-order valence-corrected chi connectivity index (χ2v) is 5.94. The Kier molecular flexibility index (Phi) is 3.76. The minimum atomic E-state index is 0.0244. The number of ether oxygens (including phenoxy) is 2. The maximum atomic E-state index is 12.7. The fourth-order valence-corrected chi connectivity index (χ4v) is 3.25. The summed E-state index contributed by atoms with van der Waals surface area (Å²) in [4.78, 5) is 17.4. The number of para-hydroxylation sites is 1. The van der Waals surface area contributed by atoms with E-state index >= 15 is 0 Å². The minimum absolute atomic E-state index is 0.0244. The fourth-order valence-electron chi connectivity index (χ4n) is 3.25. The molecule has 0 radical (unpaired) electrons. The third-order valence-corrected chi connectivity index (χ3v) is 4.50. The molecule has 1 aliphatic heterocycles. The highest BCUT2D eigenvalue weighted by Crippen LogP contribution is 2.31. The van der Waals surface area contributed by atoms with E-state index in [1.165, 1.54) is 0 Å². The van der Waals surface area contributed by atoms with E-state index in [-0.39, 0.29) is 5.56 Å². The zero-order chi connectivity index (χ0) is 17.4. The Labute approximate surface area is 145 Å². The molecular weight excluding hydrogens is 316 g/mol. The standard InChI is InChI=1S/C20H18N2O3/c1-24-17-8-7-13(12-18(17)25-2)11-14-9-10-22-19(14)21-16-6-4-3-5-15(16)20(22)23/h3-8,11-12H,9-10H2,1-2H3/b14-11+. The molecule has 2 heterocycles. The maximum absolute atomic E-state index is 12.7. The van der Waals surface area contributed by atoms with Crippen molar-refractivity contribution in [3.05, 3.63) is 64.2 Å². The van der Waals surface area contributed by atoms with Crippen LogP contribution >= 0.6 is 0 Å². The predicted octanol–water partition coefficient (Wildman–Crippen LogP) is 3.36. The van der Waals surface area contributed by atoms with Crippen LogP contribution in [0, 0.1) is 0 Å². The lowest BCUT2D eigenvalue weighted by molar-refractivity contribution is 0.355. The summed E-state index contributed by atoms with van der Waals surface area (Å²) in [6, 6.07) is 13.2. The SMILES string of the molecule is COc1ccc(/C=C2\CCn3c2nc2ccccc2c3=O)cc1OC. The van der Waals surface area contributed by atoms with Crippen molar-refractivity contribution in [3.8, 4) is 11.5 Å². The van der Waals surface area contributed by atoms with Crippen molar-refractivity contribution in [3.63, 3.8) is 0 Å². The summed E-state index contributed by atoms with van der Waals surface area (Å²) in [5.74, 6) is 2.12. The fraction of sp³-hybridized carbons (Fsp3) is 0.200. The number of rotatable bonds is 3. The summed E-state index contributed by atoms with van der Waals surface area (Å²) in [5.41, 5.74) is 2.80. The molecule has 0 fully saturated rings. The van der Waals surface area contributed by atoms with E-state index in [1.807, 2.05) is 42.5 Å². The number of fused-ring (bicyclic) bond motifs is 2. The molecule has 3 aromatic rings. The van der Waals surface area contributed by atoms with Crippen LogP contribution in [-0.2, 0) is 6.54 Å². The van der Waals surface area contributed by atoms with Gasteiger partial charge in [-0.2, -0.15) is 0 Å². The van der Waals surface area contributed by atoms with E-state index in [0.29, 0.717) is 23.4 Å². The molecule has 0 aliphatic carbocycles. The van der Waals surface area contributed by atoms with Gasteiger partial charge in [-0.05, 0) is 47.9 Å². The van der Waals surface area contributed by atoms with Gasteiger partial charge in [0.1, 0.15) is 5.82 Å². The van der Waals surface area contributed by atoms with E-state index in [9.17, 15) is 4.79 Å². The molecular formula is C20H18N2O3. The monoisotopic (exact) mass is 334 g/mol. The molecule has 0 saturated heterocycles. The maximum Gasteiger partial charge on any atom is 0.261 e. The molecule has 0 bridgehead atoms. The van der Waals surface area contributed by atoms with Gasteiger partial charge in [0.05, 0.1) is 25.1 Å². The highest BCUT2D eigenvalue weighted by Gasteiger charge is 2.20. The third-order valence-electron chi connectivity index (χ3n) is 4.50. The first-order chi connectivity index (χ1) is 12.2. The minimum Gasteiger partial charge on any atom is -0.493 e. The molecule has 1 aromatic heterocycles. The van der Waals surface area contributed by atoms with Gasteiger partial charge in [-0.1, -0.05) is 18.2 Å². The average Bonchev–Trinajstić information content (AvgIpc) is 3.05. The number of allylic oxidation sites excluding steroid dienone is 1. The summed E-state index contributed by atoms with van der Waals surface area (Å²) < 4.78 is 12.4. The van der Waals surface area contributed by atoms with Gasteiger partial charge >= 0.3 is 0 Å². The quantitative estimate of drug-likeness (QED) is 0.737. The average molecular weight is 334 g/mol. The highest BCUT2D eigenvalue weighted by atomic mass is 16.5. The number of hydrogen-bond acceptors (Lipinski definition) is 4. The Balaban J connectivity index is 1.83. The summed E-state index contributed by atoms with van der Waals surface area (Å²) >= 11 is 0. The second kappa shape index (κ2) is 6.09. The predicted molar refractivity (Wildman–Crippen MR) is 98.0 cm³/mol. The lowest BCUT2D eigenvalue weighted by atomic mass is 10.1. The first kappa shape index (κ1) is 15.4. The normalized spacial score (nSPS) is 14.7. The number of benzene rings is 2. The van der Waals surface area contributed by atoms with Crippen LogP contribution in [0.25, 0.3) is 22.6 Å². The molecule has 5 nitrogen and oxygen atoms in total. The molecule has 126 valence electrons. The van der Waals surface area contributed by atoms with Gasteiger partial charge in [0.25, 0.3) is 5.56 Å². The van der Waals surface area contributed by atoms with Crippen LogP contribution < -0.4 is 15.0 Å². The number of nitrogens with zero attached hydrogens (tertiary/aromatic N) is 2. The zero-order valence-electron chi connectivity index (χ0n) is 14.2. The van der Waals surface area contributed by atoms with Gasteiger partial charge in [-0.3, -0.25) is 9.36 Å². The molecule has 4 rings (SSSR count). The molecule has 0 spiro atoms. The smallest absolute Gasteiger partial charge is 0.261 e. The van der Waals surface area contributed by atoms with Crippen LogP contribution in [0.1, 0.15) is 17.8 Å². The Morgan fingerprint density at radius 3 is 2.68 bits per heavy atom. The van der Waals surface area contributed by atoms with Crippen LogP contribution in [0.15, 0.2) is 47.3 Å². The number of hydrogen-bond donors (Lipinski definition) is 0. The summed E-state index contributed by atoms with van der Waals surface area (Å²) in [5, 5.41) is 0.665. The third kappa shape index (κ3) is 2.58. The molecule has 0 unspecified atom stereocenters. The van der Waals surface area contributed by atoms with Crippen LogP contribution in [-0.4, -0.2) is 23.8 Å². The topological polar surface area (TPSA) is 53.4 Å². The summed E-state index contributed by atoms with van der Waals surface area (Å²) in [6.45, 7) is 0.658. The van der Waals surface area contributed by atoms with Crippen LogP contribution in [0.5, 0.6) is 11.5 Å². The second-order valence-electron chi connectivity index (χ2n) is 5.94. The van der Waals surface area contributed by atoms with E-state index in [0.717, 1.165) is 28.9 Å². The summed E-state index contributed by atoms with van der Waals surface area (Å²) in [7, 11) is 3.23. The highest BCUT2D eigenvalue weighted by molar-refractivity contribution is 5.85. The van der Waals surface area contributed by atoms with Crippen LogP contribution in [0.3, 0.4) is 0 Å². The molecule has 25 heavy (non-hydrogen) atoms. The first-order valence-corrected chi connectivity index (χ1v) is 8.14. The Bertz CT molecular complexity index is 1050. The van der Waals surface area contributed by atoms with Gasteiger partial charge in [-0.15, -0.1) is 0 Å². The number of methoxy groups -OCH3 is 2. The largest absolute Gasteiger partial charge is 0.493 e. The van der Waals surface area contributed by atoms with Crippen molar-refractivity contribution in [2.75, 3.05) is 14.2 Å². The molecule has 1 aliphatic rings. The lowest BCUT2D eigenvalue weighted by Crippen LogP contribution is -2.20. The Morgan fingerprint density at radius 2 is 1.88 bits per heavy atom. The zero-order valence-corrected chi connectivity index (χ0v) is 14.2. The van der Waals surface area contributed by atoms with Gasteiger partial charge < -0.3 is 9.47 Å². The van der Waals surface area contributed by atoms with Crippen molar-refractivity contribution < 1.29 is 9.47 Å². The molecule has 0 saturated carbocycles. The van der Waals surface area contributed by atoms with Gasteiger partial charge in [-0.25, -0.2) is 4.98 Å². The summed E-state index contributed by atoms with van der Waals surface area (Å²) in [6.07, 6.45) is 2.84. The van der Waals surface area contributed by atoms with Gasteiger partial charge in [0.2, 0.25) is 0 Å². The van der Waals surface area contributed by atoms with Crippen molar-refractivity contribution >= 4 is 22.6 Å². The van der Waals surface area contributed by atoms with Gasteiger partial charge in [0, 0.05) is 6.54 Å². The Hall–Kier alpha value is -3.08. The van der Waals surface area contributed by atoms with Crippen molar-refractivity contribution in [1.29, 1.82) is 0 Å². The van der Waals surface area contributed by atoms with Crippen molar-refractivity contribution in [1.82, 2.24) is 9.55 Å². The van der Waals surface area contributed by atoms with Crippen LogP contribution in [0.2, 0.25) is 0 Å². The molecule has 0 amide bonds. The van der Waals surface area contributed by atoms with E-state index < -0.39 is 0 Å². The molecule has 2 aromatic carbocycles. The van der Waals surface area contributed by atoms with Crippen LogP contribution in [0.4, 0.5) is 0 Å². The van der Waals surface area contributed by atoms with E-state index in [1.54, 1.807) is 18.8 Å². The van der Waals surface area contributed by atoms with Crippen molar-refractivity contribution in [2.24, 2.45) is 0 Å². The molecule has 0 N–H and O–H groups in total. The van der Waals surface area contributed by atoms with E-state index in [2.05, 4.69) is 6.08 Å².